The molecule has 0 saturated carbocycles. The summed E-state index contributed by atoms with van der Waals surface area (Å²) in [5, 5.41) is 1.68. The topological polar surface area (TPSA) is 89.5 Å². The Morgan fingerprint density at radius 1 is 0.667 bits per heavy atom. The minimum Gasteiger partial charge on any atom is -0.458 e. The molecule has 2 aromatic rings. The van der Waals surface area contributed by atoms with Crippen molar-refractivity contribution in [3.63, 3.8) is 0 Å². The van der Waals surface area contributed by atoms with E-state index < -0.39 is 11.9 Å². The van der Waals surface area contributed by atoms with E-state index in [9.17, 15) is 9.59 Å². The van der Waals surface area contributed by atoms with Crippen LogP contribution in [0.1, 0.15) is 20.7 Å². The van der Waals surface area contributed by atoms with Gasteiger partial charge in [0, 0.05) is 11.5 Å². The Kier molecular flexibility index (Phi) is 18.0. The summed E-state index contributed by atoms with van der Waals surface area (Å²) in [6.45, 7) is 24.1. The Hall–Kier alpha value is -3.38. The van der Waals surface area contributed by atoms with Gasteiger partial charge in [-0.2, -0.15) is 0 Å². The Morgan fingerprint density at radius 2 is 1.04 bits per heavy atom. The lowest BCUT2D eigenvalue weighted by Crippen LogP contribution is -2.51. The van der Waals surface area contributed by atoms with Gasteiger partial charge in [-0.25, -0.2) is 9.59 Å². The maximum atomic E-state index is 11.8. The first-order valence-electron chi connectivity index (χ1n) is 14.1. The van der Waals surface area contributed by atoms with Gasteiger partial charge >= 0.3 is 11.9 Å². The Labute approximate surface area is 274 Å². The minimum absolute atomic E-state index is 0.168. The molecule has 0 radical (unpaired) electrons. The smallest absolute Gasteiger partial charge is 0.338 e. The molecule has 2 aliphatic rings. The summed E-state index contributed by atoms with van der Waals surface area (Å²) in [7, 11) is 3.61. The van der Waals surface area contributed by atoms with E-state index in [1.807, 2.05) is 12.2 Å². The number of fused-ring (bicyclic) bond motifs is 1. The quantitative estimate of drug-likeness (QED) is 0.0945. The van der Waals surface area contributed by atoms with E-state index in [1.165, 1.54) is 12.2 Å². The lowest BCUT2D eigenvalue weighted by Gasteiger charge is -2.42. The van der Waals surface area contributed by atoms with Gasteiger partial charge in [-0.15, -0.1) is 13.2 Å². The average molecular weight is 655 g/mol. The van der Waals surface area contributed by atoms with Crippen LogP contribution in [0.5, 0.6) is 0 Å². The molecule has 4 rings (SSSR count). The number of rotatable bonds is 13. The number of benzene rings is 2. The minimum atomic E-state index is -0.406. The molecule has 0 N–H and O–H groups in total. The number of hydrogen-bond acceptors (Lipinski definition) is 10. The molecule has 0 aliphatic carbocycles. The molecule has 0 bridgehead atoms. The highest BCUT2D eigenvalue weighted by Gasteiger charge is 2.41. The third kappa shape index (κ3) is 13.2. The predicted molar refractivity (Wildman–Crippen MR) is 184 cm³/mol. The van der Waals surface area contributed by atoms with Crippen LogP contribution in [0, 0.1) is 5.41 Å². The van der Waals surface area contributed by atoms with Gasteiger partial charge in [0.2, 0.25) is 0 Å². The largest absolute Gasteiger partial charge is 0.458 e. The fraction of sp³-hybridized carbons (Fsp3) is 0.314. The summed E-state index contributed by atoms with van der Waals surface area (Å²) in [5.74, 6) is 1.24. The predicted octanol–water partition coefficient (Wildman–Crippen LogP) is 7.36. The van der Waals surface area contributed by atoms with E-state index >= 15 is 0 Å². The number of ether oxygens (including phenoxy) is 6. The van der Waals surface area contributed by atoms with E-state index in [0.717, 1.165) is 22.3 Å². The van der Waals surface area contributed by atoms with E-state index in [1.54, 1.807) is 70.1 Å². The molecule has 8 nitrogen and oxygen atoms in total. The van der Waals surface area contributed by atoms with E-state index in [2.05, 4.69) is 39.5 Å². The Morgan fingerprint density at radius 3 is 1.36 bits per heavy atom. The van der Waals surface area contributed by atoms with Crippen LogP contribution in [0.3, 0.4) is 0 Å². The first-order valence-corrected chi connectivity index (χ1v) is 16.6. The van der Waals surface area contributed by atoms with E-state index in [4.69, 9.17) is 28.4 Å². The van der Waals surface area contributed by atoms with Crippen molar-refractivity contribution >= 4 is 44.3 Å². The van der Waals surface area contributed by atoms with Gasteiger partial charge in [-0.3, -0.25) is 0 Å². The summed E-state index contributed by atoms with van der Waals surface area (Å²) < 4.78 is 31.8. The van der Waals surface area contributed by atoms with Crippen molar-refractivity contribution < 1.29 is 38.0 Å². The molecule has 45 heavy (non-hydrogen) atoms. The summed E-state index contributed by atoms with van der Waals surface area (Å²) in [4.78, 5) is 23.6. The van der Waals surface area contributed by atoms with Gasteiger partial charge in [-0.05, 0) is 47.2 Å². The molecule has 2 saturated heterocycles. The Balaban J connectivity index is 0.000000264. The second-order valence-electron chi connectivity index (χ2n) is 9.65. The van der Waals surface area contributed by atoms with Crippen LogP contribution in [0.25, 0.3) is 10.8 Å². The molecule has 10 heteroatoms. The molecule has 242 valence electrons. The van der Waals surface area contributed by atoms with Crippen molar-refractivity contribution in [2.24, 2.45) is 5.41 Å². The first kappa shape index (κ1) is 37.8. The molecule has 2 fully saturated rings. The number of carbonyl (C=O) groups excluding carboxylic acids is 2. The highest BCUT2D eigenvalue weighted by Crippen LogP contribution is 2.30. The van der Waals surface area contributed by atoms with Gasteiger partial charge in [0.25, 0.3) is 0 Å². The fourth-order valence-corrected chi connectivity index (χ4v) is 5.32. The third-order valence-electron chi connectivity index (χ3n) is 6.03. The molecule has 2 heterocycles. The molecule has 0 aromatic heterocycles. The van der Waals surface area contributed by atoms with Crippen molar-refractivity contribution in [2.45, 2.75) is 12.6 Å². The molecular weight excluding hydrogens is 613 g/mol. The monoisotopic (exact) mass is 654 g/mol. The average Bonchev–Trinajstić information content (AvgIpc) is 3.09. The van der Waals surface area contributed by atoms with Crippen LogP contribution in [-0.2, 0) is 28.4 Å². The van der Waals surface area contributed by atoms with Crippen LogP contribution in [0.4, 0.5) is 0 Å². The lowest BCUT2D eigenvalue weighted by atomic mass is 9.91. The van der Waals surface area contributed by atoms with Crippen LogP contribution in [0.15, 0.2) is 112 Å². The molecule has 2 aromatic carbocycles. The van der Waals surface area contributed by atoms with Crippen LogP contribution < -0.4 is 0 Å². The van der Waals surface area contributed by atoms with Gasteiger partial charge in [0.05, 0.1) is 43.0 Å². The second kappa shape index (κ2) is 21.4. The summed E-state index contributed by atoms with van der Waals surface area (Å²) in [6.07, 6.45) is 9.52. The Bertz CT molecular complexity index is 1190. The zero-order valence-corrected chi connectivity index (χ0v) is 27.2. The molecule has 0 unspecified atom stereocenters. The van der Waals surface area contributed by atoms with Gasteiger partial charge < -0.3 is 28.4 Å². The van der Waals surface area contributed by atoms with Crippen LogP contribution in [-0.4, -0.2) is 75.7 Å². The fourth-order valence-electron chi connectivity index (χ4n) is 3.78. The second-order valence-corrected chi connectivity index (χ2v) is 12.2. The maximum absolute atomic E-state index is 11.8. The van der Waals surface area contributed by atoms with E-state index in [-0.39, 0.29) is 31.2 Å². The van der Waals surface area contributed by atoms with E-state index in [0.29, 0.717) is 37.6 Å². The first-order chi connectivity index (χ1) is 21.8. The lowest BCUT2D eigenvalue weighted by molar-refractivity contribution is -0.282. The van der Waals surface area contributed by atoms with Gasteiger partial charge in [0.15, 0.2) is 12.6 Å². The van der Waals surface area contributed by atoms with Crippen molar-refractivity contribution in [1.82, 2.24) is 0 Å². The molecular formula is C35H42O8S2. The van der Waals surface area contributed by atoms with Crippen molar-refractivity contribution in [3.05, 3.63) is 123 Å². The van der Waals surface area contributed by atoms with Crippen molar-refractivity contribution in [1.29, 1.82) is 0 Å². The number of esters is 2. The standard InChI is InChI=1S/C18H16O4.C11H16O4.C6H10S2/c1-3-9-21-17(19)15-7-5-14-12-16(8-6-13(14)11-15)18(20)22-10-4-2;1-3-9-12-5-11(6-13-9)7-14-10(4-2)15-8-11;1-3-5-7-8-6-4-2/h3-8,11-12H,1-2,9-10H2;3-4,9-10H,1-2,5-8H2;3-4H,1-2,5-6H2. The van der Waals surface area contributed by atoms with Gasteiger partial charge in [-0.1, -0.05) is 84.3 Å². The highest BCUT2D eigenvalue weighted by atomic mass is 33.1. The number of hydrogen-bond donors (Lipinski definition) is 0. The molecule has 0 atom stereocenters. The van der Waals surface area contributed by atoms with Gasteiger partial charge in [0.1, 0.15) is 13.2 Å². The summed E-state index contributed by atoms with van der Waals surface area (Å²) in [6, 6.07) is 10.3. The molecule has 0 amide bonds. The zero-order chi connectivity index (χ0) is 32.9. The number of carbonyl (C=O) groups is 2. The summed E-state index contributed by atoms with van der Waals surface area (Å²) >= 11 is 0. The van der Waals surface area contributed by atoms with Crippen LogP contribution >= 0.6 is 21.6 Å². The SMILES string of the molecule is C=CC1OCC2(CO1)COC(C=C)OC2.C=CCOC(=O)c1ccc2cc(C(=O)OCC=C)ccc2c1.C=CCSSCC=C. The normalized spacial score (nSPS) is 20.2. The highest BCUT2D eigenvalue weighted by molar-refractivity contribution is 8.76. The molecule has 1 spiro atoms. The van der Waals surface area contributed by atoms with Crippen molar-refractivity contribution in [3.8, 4) is 0 Å². The summed E-state index contributed by atoms with van der Waals surface area (Å²) in [5.41, 5.74) is 0.742. The van der Waals surface area contributed by atoms with Crippen LogP contribution in [0.2, 0.25) is 0 Å². The third-order valence-corrected chi connectivity index (χ3v) is 8.26. The van der Waals surface area contributed by atoms with Crippen molar-refractivity contribution in [2.75, 3.05) is 51.1 Å². The maximum Gasteiger partial charge on any atom is 0.338 e. The zero-order valence-electron chi connectivity index (χ0n) is 25.6. The molecule has 2 aliphatic heterocycles.